The smallest absolute Gasteiger partial charge is 0.170 e. The van der Waals surface area contributed by atoms with E-state index in [2.05, 4.69) is 21.1 Å². The molecule has 1 N–H and O–H groups in total. The highest BCUT2D eigenvalue weighted by Crippen LogP contribution is 2.34. The van der Waals surface area contributed by atoms with Crippen LogP contribution in [0.3, 0.4) is 0 Å². The molecule has 0 radical (unpaired) electrons. The number of likely N-dealkylation sites (tertiary alicyclic amines) is 1. The van der Waals surface area contributed by atoms with Crippen LogP contribution in [0, 0.1) is 18.3 Å². The zero-order valence-electron chi connectivity index (χ0n) is 20.6. The van der Waals surface area contributed by atoms with Crippen molar-refractivity contribution in [2.24, 2.45) is 0 Å². The van der Waals surface area contributed by atoms with E-state index < -0.39 is 11.0 Å². The molecule has 7 nitrogen and oxygen atoms in total. The Hall–Kier alpha value is -2.76. The van der Waals surface area contributed by atoms with Gasteiger partial charge in [0.2, 0.25) is 0 Å². The number of hydrogen-bond acceptors (Lipinski definition) is 6. The summed E-state index contributed by atoms with van der Waals surface area (Å²) in [5.41, 5.74) is 2.04. The standard InChI is InChI=1S/C27H29Cl2N5O2/c1-18-21(15-32-34(18)20-5-6-22(28)23(29)13-20)24(35)12-19-4-7-25(31-14-19)27(16-30)8-10-33(11-9-27)17-26(2,3)36/h4-7,13-15,36H,8-12,17H2,1-3H3. The largest absolute Gasteiger partial charge is 0.389 e. The highest BCUT2D eigenvalue weighted by Gasteiger charge is 2.38. The van der Waals surface area contributed by atoms with Crippen LogP contribution in [0.5, 0.6) is 0 Å². The van der Waals surface area contributed by atoms with E-state index in [0.717, 1.165) is 30.0 Å². The van der Waals surface area contributed by atoms with Crippen molar-refractivity contribution in [1.29, 1.82) is 5.26 Å². The fraction of sp³-hybridized carbons (Fsp3) is 0.407. The summed E-state index contributed by atoms with van der Waals surface area (Å²) >= 11 is 12.1. The van der Waals surface area contributed by atoms with Crippen molar-refractivity contribution in [3.63, 3.8) is 0 Å². The van der Waals surface area contributed by atoms with E-state index in [9.17, 15) is 15.2 Å². The monoisotopic (exact) mass is 525 g/mol. The third-order valence-corrected chi connectivity index (χ3v) is 7.41. The second kappa shape index (κ2) is 10.3. The summed E-state index contributed by atoms with van der Waals surface area (Å²) < 4.78 is 1.66. The number of benzene rings is 1. The Labute approximate surface area is 221 Å². The lowest BCUT2D eigenvalue weighted by molar-refractivity contribution is 0.0244. The minimum atomic E-state index is -0.768. The third-order valence-electron chi connectivity index (χ3n) is 6.67. The van der Waals surface area contributed by atoms with Gasteiger partial charge in [0, 0.05) is 32.3 Å². The van der Waals surface area contributed by atoms with Crippen LogP contribution in [-0.2, 0) is 11.8 Å². The Morgan fingerprint density at radius 1 is 1.17 bits per heavy atom. The van der Waals surface area contributed by atoms with Crippen LogP contribution in [0.15, 0.2) is 42.7 Å². The topological polar surface area (TPSA) is 95.0 Å². The van der Waals surface area contributed by atoms with Gasteiger partial charge >= 0.3 is 0 Å². The molecule has 1 fully saturated rings. The molecular weight excluding hydrogens is 497 g/mol. The molecule has 0 unspecified atom stereocenters. The number of hydrogen-bond donors (Lipinski definition) is 1. The maximum Gasteiger partial charge on any atom is 0.170 e. The molecule has 0 aliphatic carbocycles. The highest BCUT2D eigenvalue weighted by molar-refractivity contribution is 6.42. The molecular formula is C27H29Cl2N5O2. The molecule has 2 aromatic heterocycles. The van der Waals surface area contributed by atoms with Gasteiger partial charge in [-0.2, -0.15) is 10.4 Å². The van der Waals surface area contributed by atoms with Crippen LogP contribution in [0.1, 0.15) is 54.0 Å². The molecule has 0 amide bonds. The Morgan fingerprint density at radius 3 is 2.47 bits per heavy atom. The number of Topliss-reactive ketones (excluding diaryl/α,β-unsaturated/α-hetero) is 1. The number of halogens is 2. The van der Waals surface area contributed by atoms with E-state index in [-0.39, 0.29) is 12.2 Å². The Kier molecular flexibility index (Phi) is 7.53. The normalized spacial score (nSPS) is 16.0. The molecule has 1 aliphatic rings. The molecule has 0 atom stereocenters. The molecule has 1 saturated heterocycles. The van der Waals surface area contributed by atoms with E-state index >= 15 is 0 Å². The summed E-state index contributed by atoms with van der Waals surface area (Å²) in [7, 11) is 0. The van der Waals surface area contributed by atoms with Crippen LogP contribution in [0.25, 0.3) is 5.69 Å². The van der Waals surface area contributed by atoms with Gasteiger partial charge in [-0.15, -0.1) is 0 Å². The molecule has 1 aliphatic heterocycles. The van der Waals surface area contributed by atoms with E-state index in [1.165, 1.54) is 0 Å². The number of aliphatic hydroxyl groups is 1. The lowest BCUT2D eigenvalue weighted by atomic mass is 9.76. The molecule has 188 valence electrons. The first kappa shape index (κ1) is 26.3. The van der Waals surface area contributed by atoms with E-state index in [0.29, 0.717) is 40.7 Å². The van der Waals surface area contributed by atoms with Gasteiger partial charge in [0.25, 0.3) is 0 Å². The summed E-state index contributed by atoms with van der Waals surface area (Å²) in [4.78, 5) is 19.8. The van der Waals surface area contributed by atoms with Crippen molar-refractivity contribution in [1.82, 2.24) is 19.7 Å². The molecule has 36 heavy (non-hydrogen) atoms. The second-order valence-corrected chi connectivity index (χ2v) is 10.9. The number of nitriles is 1. The first-order chi connectivity index (χ1) is 17.0. The Morgan fingerprint density at radius 2 is 1.89 bits per heavy atom. The minimum absolute atomic E-state index is 0.0664. The molecule has 1 aromatic carbocycles. The molecule has 0 spiro atoms. The SMILES string of the molecule is Cc1c(C(=O)Cc2ccc(C3(C#N)CCN(CC(C)(C)O)CC3)nc2)cnn1-c1ccc(Cl)c(Cl)c1. The number of β-amino-alcohol motifs (C(OH)–C–C–N with tert-alkyl or cyclic N) is 1. The number of aromatic nitrogens is 3. The maximum absolute atomic E-state index is 13.0. The quantitative estimate of drug-likeness (QED) is 0.439. The summed E-state index contributed by atoms with van der Waals surface area (Å²) in [5.74, 6) is -0.0664. The second-order valence-electron chi connectivity index (χ2n) is 10.1. The molecule has 4 rings (SSSR count). The summed E-state index contributed by atoms with van der Waals surface area (Å²) in [6.45, 7) is 7.44. The summed E-state index contributed by atoms with van der Waals surface area (Å²) in [6, 6.07) is 11.4. The zero-order chi connectivity index (χ0) is 26.1. The summed E-state index contributed by atoms with van der Waals surface area (Å²) in [5, 5.41) is 25.3. The van der Waals surface area contributed by atoms with Gasteiger partial charge in [0.1, 0.15) is 5.41 Å². The number of pyridine rings is 1. The van der Waals surface area contributed by atoms with Gasteiger partial charge in [-0.3, -0.25) is 9.78 Å². The van der Waals surface area contributed by atoms with Crippen LogP contribution >= 0.6 is 23.2 Å². The number of rotatable bonds is 7. The number of carbonyl (C=O) groups excluding carboxylic acids is 1. The number of nitrogens with zero attached hydrogens (tertiary/aromatic N) is 5. The Balaban J connectivity index is 1.45. The van der Waals surface area contributed by atoms with Gasteiger partial charge in [-0.25, -0.2) is 4.68 Å². The predicted octanol–water partition coefficient (Wildman–Crippen LogP) is 4.94. The lowest BCUT2D eigenvalue weighted by Gasteiger charge is -2.39. The van der Waals surface area contributed by atoms with Gasteiger partial charge < -0.3 is 10.0 Å². The summed E-state index contributed by atoms with van der Waals surface area (Å²) in [6.07, 6.45) is 4.73. The number of carbonyl (C=O) groups is 1. The first-order valence-corrected chi connectivity index (χ1v) is 12.6. The highest BCUT2D eigenvalue weighted by atomic mass is 35.5. The van der Waals surface area contributed by atoms with Crippen molar-refractivity contribution in [3.05, 3.63) is 75.3 Å². The van der Waals surface area contributed by atoms with Crippen LogP contribution < -0.4 is 0 Å². The van der Waals surface area contributed by atoms with Gasteiger partial charge in [-0.1, -0.05) is 29.3 Å². The van der Waals surface area contributed by atoms with Gasteiger partial charge in [0.05, 0.1) is 50.6 Å². The lowest BCUT2D eigenvalue weighted by Crippen LogP contribution is -2.47. The average Bonchev–Trinajstić information content (AvgIpc) is 3.22. The van der Waals surface area contributed by atoms with Crippen LogP contribution in [0.2, 0.25) is 10.0 Å². The minimum Gasteiger partial charge on any atom is -0.389 e. The van der Waals surface area contributed by atoms with Crippen molar-refractivity contribution in [2.45, 2.75) is 51.0 Å². The third kappa shape index (κ3) is 5.63. The zero-order valence-corrected chi connectivity index (χ0v) is 22.1. The van der Waals surface area contributed by atoms with E-state index in [1.807, 2.05) is 19.1 Å². The fourth-order valence-electron chi connectivity index (χ4n) is 4.72. The van der Waals surface area contributed by atoms with Crippen molar-refractivity contribution in [3.8, 4) is 11.8 Å². The fourth-order valence-corrected chi connectivity index (χ4v) is 5.01. The predicted molar refractivity (Wildman–Crippen MR) is 140 cm³/mol. The maximum atomic E-state index is 13.0. The van der Waals surface area contributed by atoms with Gasteiger partial charge in [0.15, 0.2) is 5.78 Å². The first-order valence-electron chi connectivity index (χ1n) is 11.9. The van der Waals surface area contributed by atoms with E-state index in [4.69, 9.17) is 23.2 Å². The van der Waals surface area contributed by atoms with Crippen molar-refractivity contribution in [2.75, 3.05) is 19.6 Å². The van der Waals surface area contributed by atoms with Crippen molar-refractivity contribution < 1.29 is 9.90 Å². The molecule has 0 saturated carbocycles. The van der Waals surface area contributed by atoms with Crippen LogP contribution in [0.4, 0.5) is 0 Å². The van der Waals surface area contributed by atoms with Crippen LogP contribution in [-0.4, -0.2) is 55.8 Å². The Bertz CT molecular complexity index is 1300. The number of ketones is 1. The molecule has 3 aromatic rings. The van der Waals surface area contributed by atoms with E-state index in [1.54, 1.807) is 49.1 Å². The number of piperidine rings is 1. The molecule has 9 heteroatoms. The molecule has 3 heterocycles. The van der Waals surface area contributed by atoms with Crippen molar-refractivity contribution >= 4 is 29.0 Å². The van der Waals surface area contributed by atoms with Gasteiger partial charge in [-0.05, 0) is 63.4 Å². The molecule has 0 bridgehead atoms. The average molecular weight is 526 g/mol.